The third-order valence-electron chi connectivity index (χ3n) is 8.05. The second-order valence-corrected chi connectivity index (χ2v) is 16.0. The molecule has 45 heavy (non-hydrogen) atoms. The largest absolute Gasteiger partial charge is 1.00 e. The Morgan fingerprint density at radius 1 is 0.467 bits per heavy atom. The van der Waals surface area contributed by atoms with Crippen molar-refractivity contribution in [3.63, 3.8) is 0 Å². The average Bonchev–Trinajstić information content (AvgIpc) is 3.46. The van der Waals surface area contributed by atoms with Crippen LogP contribution in [0.2, 0.25) is 0 Å². The molecule has 0 aliphatic heterocycles. The van der Waals surface area contributed by atoms with E-state index in [4.69, 9.17) is 6.42 Å². The topological polar surface area (TPSA) is 0 Å². The maximum absolute atomic E-state index is 7.12. The first-order chi connectivity index (χ1) is 21.3. The van der Waals surface area contributed by atoms with Crippen molar-refractivity contribution in [2.24, 2.45) is 0 Å². The summed E-state index contributed by atoms with van der Waals surface area (Å²) in [4.78, 5) is 0. The summed E-state index contributed by atoms with van der Waals surface area (Å²) in [7, 11) is -1.57. The third-order valence-corrected chi connectivity index (χ3v) is 14.2. The molecule has 0 amide bonds. The van der Waals surface area contributed by atoms with Gasteiger partial charge in [-0.25, -0.2) is 0 Å². The van der Waals surface area contributed by atoms with Crippen LogP contribution in [0.25, 0.3) is 11.1 Å². The van der Waals surface area contributed by atoms with Crippen molar-refractivity contribution >= 4 is 37.1 Å². The first-order valence-electron chi connectivity index (χ1n) is 14.9. The first kappa shape index (κ1) is 34.9. The zero-order valence-electron chi connectivity index (χ0n) is 25.5. The summed E-state index contributed by atoms with van der Waals surface area (Å²) in [6, 6.07) is 59.1. The van der Waals surface area contributed by atoms with E-state index in [1.165, 1.54) is 55.8 Å². The fourth-order valence-corrected chi connectivity index (χ4v) is 12.1. The van der Waals surface area contributed by atoms with Crippen LogP contribution in [0.1, 0.15) is 16.7 Å². The molecule has 0 bridgehead atoms. The van der Waals surface area contributed by atoms with E-state index in [-0.39, 0.29) is 41.2 Å². The molecule has 0 unspecified atom stereocenters. The Labute approximate surface area is 298 Å². The van der Waals surface area contributed by atoms with E-state index in [2.05, 4.69) is 164 Å². The molecular formula is C41H35AuLiP2+3. The van der Waals surface area contributed by atoms with Crippen molar-refractivity contribution in [1.29, 1.82) is 0 Å². The second-order valence-electron chi connectivity index (χ2n) is 10.8. The van der Waals surface area contributed by atoms with Crippen LogP contribution in [-0.4, -0.2) is 12.3 Å². The van der Waals surface area contributed by atoms with Crippen LogP contribution >= 0.6 is 15.8 Å². The predicted molar refractivity (Wildman–Crippen MR) is 192 cm³/mol. The van der Waals surface area contributed by atoms with Crippen molar-refractivity contribution < 1.29 is 41.2 Å². The van der Waals surface area contributed by atoms with E-state index in [1.54, 1.807) is 0 Å². The Morgan fingerprint density at radius 2 is 0.844 bits per heavy atom. The summed E-state index contributed by atoms with van der Waals surface area (Å²) in [6.45, 7) is 0. The molecule has 1 aliphatic rings. The van der Waals surface area contributed by atoms with E-state index in [9.17, 15) is 0 Å². The molecule has 6 aromatic carbocycles. The zero-order valence-corrected chi connectivity index (χ0v) is 29.7. The third kappa shape index (κ3) is 8.87. The van der Waals surface area contributed by atoms with Crippen molar-refractivity contribution in [1.82, 2.24) is 0 Å². The van der Waals surface area contributed by atoms with Gasteiger partial charge in [0.25, 0.3) is 0 Å². The number of hydrogen-bond donors (Lipinski definition) is 0. The van der Waals surface area contributed by atoms with Crippen molar-refractivity contribution in [2.75, 3.05) is 12.3 Å². The SMILES string of the molecule is [Au+].[C-]#Cc1ccc2c(c1)Cc1ccccc1-2.[Li+].c1ccc([PH+](CC[PH+](c2ccccc2)c2ccccc2)c2ccccc2)cc1. The maximum atomic E-state index is 7.12. The molecule has 1 aliphatic carbocycles. The zero-order chi connectivity index (χ0) is 29.3. The Balaban J connectivity index is 0.000000229. The van der Waals surface area contributed by atoms with E-state index >= 15 is 0 Å². The molecule has 0 nitrogen and oxygen atoms in total. The van der Waals surface area contributed by atoms with Gasteiger partial charge in [0.15, 0.2) is 0 Å². The number of hydrogen-bond acceptors (Lipinski definition) is 0. The normalized spacial score (nSPS) is 10.8. The van der Waals surface area contributed by atoms with Crippen LogP contribution in [0, 0.1) is 12.3 Å². The van der Waals surface area contributed by atoms with E-state index < -0.39 is 15.8 Å². The maximum Gasteiger partial charge on any atom is 1.00 e. The van der Waals surface area contributed by atoms with Gasteiger partial charge >= 0.3 is 41.2 Å². The van der Waals surface area contributed by atoms with Gasteiger partial charge in [0.05, 0.1) is 37.1 Å². The van der Waals surface area contributed by atoms with Crippen LogP contribution in [0.15, 0.2) is 164 Å². The molecule has 4 heteroatoms. The van der Waals surface area contributed by atoms with Gasteiger partial charge in [0.1, 0.15) is 12.3 Å². The van der Waals surface area contributed by atoms with Crippen LogP contribution in [0.4, 0.5) is 0 Å². The van der Waals surface area contributed by atoms with Gasteiger partial charge in [0.2, 0.25) is 0 Å². The van der Waals surface area contributed by atoms with Crippen molar-refractivity contribution in [2.45, 2.75) is 6.42 Å². The summed E-state index contributed by atoms with van der Waals surface area (Å²) in [5.41, 5.74) is 6.21. The minimum Gasteiger partial charge on any atom is -0.366 e. The van der Waals surface area contributed by atoms with Gasteiger partial charge in [-0.1, -0.05) is 109 Å². The fourth-order valence-electron chi connectivity index (χ4n) is 5.94. The molecule has 7 rings (SSSR count). The van der Waals surface area contributed by atoms with Crippen molar-refractivity contribution in [3.8, 4) is 17.0 Å². The molecule has 6 aromatic rings. The van der Waals surface area contributed by atoms with E-state index in [0.717, 1.165) is 12.0 Å². The number of benzene rings is 6. The van der Waals surface area contributed by atoms with Gasteiger partial charge < -0.3 is 6.42 Å². The first-order valence-corrected chi connectivity index (χ1v) is 18.3. The van der Waals surface area contributed by atoms with Gasteiger partial charge in [-0.15, -0.1) is 17.7 Å². The number of rotatable bonds is 7. The van der Waals surface area contributed by atoms with Crippen LogP contribution in [0.5, 0.6) is 0 Å². The minimum absolute atomic E-state index is 0. The monoisotopic (exact) mass is 793 g/mol. The molecule has 0 aromatic heterocycles. The van der Waals surface area contributed by atoms with E-state index in [1.807, 2.05) is 6.07 Å². The molecule has 0 N–H and O–H groups in total. The molecule has 0 heterocycles. The summed E-state index contributed by atoms with van der Waals surface area (Å²) in [6.07, 6.45) is 10.6. The van der Waals surface area contributed by atoms with Gasteiger partial charge in [-0.05, 0) is 71.6 Å². The number of fused-ring (bicyclic) bond motifs is 3. The van der Waals surface area contributed by atoms with Crippen LogP contribution in [0.3, 0.4) is 0 Å². The smallest absolute Gasteiger partial charge is 0.366 e. The predicted octanol–water partition coefficient (Wildman–Crippen LogP) is 4.91. The van der Waals surface area contributed by atoms with Crippen LogP contribution < -0.4 is 40.1 Å². The fraction of sp³-hybridized carbons (Fsp3) is 0.0732. The van der Waals surface area contributed by atoms with Gasteiger partial charge in [-0.2, -0.15) is 0 Å². The molecule has 0 saturated carbocycles. The summed E-state index contributed by atoms with van der Waals surface area (Å²) in [5.74, 6) is 2.43. The summed E-state index contributed by atoms with van der Waals surface area (Å²) < 4.78 is 0. The molecule has 0 atom stereocenters. The Kier molecular flexibility index (Phi) is 13.7. The molecule has 0 radical (unpaired) electrons. The van der Waals surface area contributed by atoms with Crippen LogP contribution in [-0.2, 0) is 28.8 Å². The standard InChI is InChI=1S/C26H24P2.C15H9.Au.Li/c1-5-13-23(14-6-1)27(24-15-7-2-8-16-24)21-22-28(25-17-9-3-10-18-25)26-19-11-4-12-20-26;1-2-11-7-8-15-13(9-11)10-12-5-3-4-6-14(12)15;;/h1-20H,21-22H2;3-9H,10H2;;/q;-1;2*+1/p+2. The van der Waals surface area contributed by atoms with Crippen molar-refractivity contribution in [3.05, 3.63) is 187 Å². The average molecular weight is 794 g/mol. The van der Waals surface area contributed by atoms with Gasteiger partial charge in [0, 0.05) is 0 Å². The Hall–Kier alpha value is -2.92. The Bertz CT molecular complexity index is 1640. The van der Waals surface area contributed by atoms with Gasteiger partial charge in [-0.3, -0.25) is 5.92 Å². The summed E-state index contributed by atoms with van der Waals surface area (Å²) >= 11 is 0. The van der Waals surface area contributed by atoms with E-state index in [0.29, 0.717) is 0 Å². The minimum atomic E-state index is -0.783. The summed E-state index contributed by atoms with van der Waals surface area (Å²) in [5, 5.41) is 6.06. The Morgan fingerprint density at radius 3 is 1.27 bits per heavy atom. The molecule has 0 fully saturated rings. The molecule has 0 saturated heterocycles. The molecule has 0 spiro atoms. The molecule has 218 valence electrons. The quantitative estimate of drug-likeness (QED) is 0.0933. The molecular weight excluding hydrogens is 758 g/mol. The second kappa shape index (κ2) is 17.7.